The molecule has 3 nitrogen and oxygen atoms in total. The van der Waals surface area contributed by atoms with Gasteiger partial charge in [-0.2, -0.15) is 0 Å². The molecule has 0 radical (unpaired) electrons. The van der Waals surface area contributed by atoms with Crippen molar-refractivity contribution in [2.24, 2.45) is 0 Å². The predicted octanol–water partition coefficient (Wildman–Crippen LogP) is 3.38. The molecule has 1 unspecified atom stereocenters. The fraction of sp³-hybridized carbons (Fsp3) is 0.625. The Morgan fingerprint density at radius 2 is 2.11 bits per heavy atom. The first kappa shape index (κ1) is 16.0. The molecule has 0 aliphatic rings. The molecule has 0 bridgehead atoms. The smallest absolute Gasteiger partial charge is 0.120 e. The molecule has 19 heavy (non-hydrogen) atoms. The maximum absolute atomic E-state index is 5.92. The summed E-state index contributed by atoms with van der Waals surface area (Å²) < 4.78 is 11.1. The first-order chi connectivity index (χ1) is 9.26. The van der Waals surface area contributed by atoms with Crippen LogP contribution in [-0.2, 0) is 11.3 Å². The number of rotatable bonds is 10. The fourth-order valence-electron chi connectivity index (χ4n) is 1.98. The molecule has 0 saturated carbocycles. The Morgan fingerprint density at radius 1 is 1.26 bits per heavy atom. The van der Waals surface area contributed by atoms with Crippen molar-refractivity contribution < 1.29 is 9.47 Å². The van der Waals surface area contributed by atoms with Crippen molar-refractivity contribution in [3.8, 4) is 5.75 Å². The Labute approximate surface area is 117 Å². The van der Waals surface area contributed by atoms with Crippen LogP contribution in [0.3, 0.4) is 0 Å². The molecule has 0 aliphatic heterocycles. The third-order valence-corrected chi connectivity index (χ3v) is 2.94. The van der Waals surface area contributed by atoms with E-state index in [4.69, 9.17) is 9.47 Å². The van der Waals surface area contributed by atoms with E-state index in [1.165, 1.54) is 6.42 Å². The summed E-state index contributed by atoms with van der Waals surface area (Å²) >= 11 is 0. The number of hydrogen-bond acceptors (Lipinski definition) is 3. The molecule has 0 spiro atoms. The van der Waals surface area contributed by atoms with Gasteiger partial charge in [0.2, 0.25) is 0 Å². The Bertz CT molecular complexity index is 341. The summed E-state index contributed by atoms with van der Waals surface area (Å²) in [5.74, 6) is 0.934. The SMILES string of the molecule is CCCNCCCC(C)Oc1cccc(COC)c1. The zero-order valence-electron chi connectivity index (χ0n) is 12.4. The lowest BCUT2D eigenvalue weighted by Crippen LogP contribution is -2.19. The van der Waals surface area contributed by atoms with E-state index in [-0.39, 0.29) is 6.10 Å². The van der Waals surface area contributed by atoms with Crippen molar-refractivity contribution >= 4 is 0 Å². The van der Waals surface area contributed by atoms with E-state index < -0.39 is 0 Å². The quantitative estimate of drug-likeness (QED) is 0.658. The van der Waals surface area contributed by atoms with Gasteiger partial charge >= 0.3 is 0 Å². The van der Waals surface area contributed by atoms with Crippen LogP contribution in [-0.4, -0.2) is 26.3 Å². The van der Waals surface area contributed by atoms with Crippen LogP contribution in [0.4, 0.5) is 0 Å². The molecule has 1 aromatic carbocycles. The van der Waals surface area contributed by atoms with E-state index in [1.54, 1.807) is 7.11 Å². The highest BCUT2D eigenvalue weighted by Crippen LogP contribution is 2.16. The van der Waals surface area contributed by atoms with Crippen molar-refractivity contribution in [2.75, 3.05) is 20.2 Å². The normalized spacial score (nSPS) is 12.4. The van der Waals surface area contributed by atoms with Crippen LogP contribution in [0.5, 0.6) is 5.75 Å². The molecule has 1 rings (SSSR count). The highest BCUT2D eigenvalue weighted by atomic mass is 16.5. The third kappa shape index (κ3) is 7.19. The zero-order valence-corrected chi connectivity index (χ0v) is 12.4. The van der Waals surface area contributed by atoms with E-state index >= 15 is 0 Å². The molecule has 1 aromatic rings. The summed E-state index contributed by atoms with van der Waals surface area (Å²) in [4.78, 5) is 0. The topological polar surface area (TPSA) is 30.5 Å². The Hall–Kier alpha value is -1.06. The minimum atomic E-state index is 0.251. The van der Waals surface area contributed by atoms with Crippen LogP contribution in [0.1, 0.15) is 38.7 Å². The van der Waals surface area contributed by atoms with Crippen LogP contribution in [0.2, 0.25) is 0 Å². The van der Waals surface area contributed by atoms with E-state index in [2.05, 4.69) is 31.3 Å². The first-order valence-corrected chi connectivity index (χ1v) is 7.21. The average molecular weight is 265 g/mol. The summed E-state index contributed by atoms with van der Waals surface area (Å²) in [5, 5.41) is 3.41. The molecule has 0 saturated heterocycles. The molecular weight excluding hydrogens is 238 g/mol. The third-order valence-electron chi connectivity index (χ3n) is 2.94. The first-order valence-electron chi connectivity index (χ1n) is 7.21. The van der Waals surface area contributed by atoms with Gasteiger partial charge in [0.25, 0.3) is 0 Å². The van der Waals surface area contributed by atoms with Gasteiger partial charge in [0.15, 0.2) is 0 Å². The lowest BCUT2D eigenvalue weighted by atomic mass is 10.2. The largest absolute Gasteiger partial charge is 0.491 e. The Morgan fingerprint density at radius 3 is 2.84 bits per heavy atom. The van der Waals surface area contributed by atoms with Crippen molar-refractivity contribution in [3.63, 3.8) is 0 Å². The molecule has 0 fully saturated rings. The van der Waals surface area contributed by atoms with Gasteiger partial charge in [-0.15, -0.1) is 0 Å². The summed E-state index contributed by atoms with van der Waals surface area (Å²) in [6.45, 7) is 7.13. The predicted molar refractivity (Wildman–Crippen MR) is 79.6 cm³/mol. The maximum atomic E-state index is 5.92. The van der Waals surface area contributed by atoms with E-state index in [0.29, 0.717) is 6.61 Å². The second kappa shape index (κ2) is 9.82. The number of ether oxygens (including phenoxy) is 2. The molecular formula is C16H27NO2. The Balaban J connectivity index is 2.27. The van der Waals surface area contributed by atoms with Gasteiger partial charge in [-0.05, 0) is 57.0 Å². The maximum Gasteiger partial charge on any atom is 0.120 e. The molecule has 0 aromatic heterocycles. The van der Waals surface area contributed by atoms with Gasteiger partial charge in [-0.25, -0.2) is 0 Å². The van der Waals surface area contributed by atoms with Crippen molar-refractivity contribution in [3.05, 3.63) is 29.8 Å². The van der Waals surface area contributed by atoms with Crippen molar-refractivity contribution in [1.29, 1.82) is 0 Å². The van der Waals surface area contributed by atoms with Crippen LogP contribution in [0.15, 0.2) is 24.3 Å². The van der Waals surface area contributed by atoms with Gasteiger partial charge in [0.05, 0.1) is 12.7 Å². The molecule has 1 N–H and O–H groups in total. The summed E-state index contributed by atoms with van der Waals surface area (Å²) in [6.07, 6.45) is 3.67. The van der Waals surface area contributed by atoms with Gasteiger partial charge in [0.1, 0.15) is 5.75 Å². The second-order valence-electron chi connectivity index (χ2n) is 4.90. The van der Waals surface area contributed by atoms with Crippen LogP contribution < -0.4 is 10.1 Å². The van der Waals surface area contributed by atoms with Crippen LogP contribution in [0.25, 0.3) is 0 Å². The van der Waals surface area contributed by atoms with Crippen LogP contribution in [0, 0.1) is 0 Å². The molecule has 3 heteroatoms. The zero-order chi connectivity index (χ0) is 13.9. The Kier molecular flexibility index (Phi) is 8.26. The summed E-state index contributed by atoms with van der Waals surface area (Å²) in [5.41, 5.74) is 1.15. The number of nitrogens with one attached hydrogen (secondary N) is 1. The lowest BCUT2D eigenvalue weighted by Gasteiger charge is -2.15. The lowest BCUT2D eigenvalue weighted by molar-refractivity contribution is 0.182. The molecule has 1 atom stereocenters. The minimum absolute atomic E-state index is 0.251. The van der Waals surface area contributed by atoms with Gasteiger partial charge in [-0.3, -0.25) is 0 Å². The molecule has 108 valence electrons. The summed E-state index contributed by atoms with van der Waals surface area (Å²) in [7, 11) is 1.71. The number of methoxy groups -OCH3 is 1. The van der Waals surface area contributed by atoms with Crippen LogP contribution >= 0.6 is 0 Å². The highest BCUT2D eigenvalue weighted by molar-refractivity contribution is 5.28. The van der Waals surface area contributed by atoms with E-state index in [1.807, 2.05) is 12.1 Å². The summed E-state index contributed by atoms with van der Waals surface area (Å²) in [6, 6.07) is 8.12. The van der Waals surface area contributed by atoms with Gasteiger partial charge in [0, 0.05) is 7.11 Å². The standard InChI is InChI=1S/C16H27NO2/c1-4-10-17-11-6-7-14(2)19-16-9-5-8-15(12-16)13-18-3/h5,8-9,12,14,17H,4,6-7,10-11,13H2,1-3H3. The second-order valence-corrected chi connectivity index (χ2v) is 4.90. The molecule has 0 aliphatic carbocycles. The van der Waals surface area contributed by atoms with E-state index in [0.717, 1.165) is 37.2 Å². The average Bonchev–Trinajstić information content (AvgIpc) is 2.39. The fourth-order valence-corrected chi connectivity index (χ4v) is 1.98. The molecule has 0 amide bonds. The van der Waals surface area contributed by atoms with Crippen molar-refractivity contribution in [1.82, 2.24) is 5.32 Å². The van der Waals surface area contributed by atoms with E-state index in [9.17, 15) is 0 Å². The monoisotopic (exact) mass is 265 g/mol. The number of hydrogen-bond donors (Lipinski definition) is 1. The number of benzene rings is 1. The van der Waals surface area contributed by atoms with Gasteiger partial charge < -0.3 is 14.8 Å². The molecule has 0 heterocycles. The minimum Gasteiger partial charge on any atom is -0.491 e. The van der Waals surface area contributed by atoms with Crippen molar-refractivity contribution in [2.45, 2.75) is 45.8 Å². The van der Waals surface area contributed by atoms with Gasteiger partial charge in [-0.1, -0.05) is 19.1 Å². The highest BCUT2D eigenvalue weighted by Gasteiger charge is 2.04.